The number of nitrogens with one attached hydrogen (secondary N) is 1. The van der Waals surface area contributed by atoms with E-state index in [0.717, 1.165) is 0 Å². The van der Waals surface area contributed by atoms with E-state index in [0.29, 0.717) is 22.4 Å². The lowest BCUT2D eigenvalue weighted by Gasteiger charge is -2.05. The fourth-order valence-corrected chi connectivity index (χ4v) is 3.56. The number of aromatic nitrogens is 1. The molecule has 1 aliphatic rings. The third-order valence-electron chi connectivity index (χ3n) is 3.70. The molecule has 0 unspecified atom stereocenters. The molecule has 0 radical (unpaired) electrons. The first-order valence-corrected chi connectivity index (χ1v) is 8.73. The number of nitrogens with two attached hydrogens (primary N) is 1. The molecule has 1 aliphatic heterocycles. The Labute approximate surface area is 142 Å². The third-order valence-corrected chi connectivity index (χ3v) is 4.69. The molecule has 8 nitrogen and oxygen atoms in total. The Bertz CT molecular complexity index is 1100. The number of para-hydroxylation sites is 1. The first kappa shape index (κ1) is 15.5. The van der Waals surface area contributed by atoms with E-state index in [4.69, 9.17) is 19.3 Å². The summed E-state index contributed by atoms with van der Waals surface area (Å²) in [6.07, 6.45) is 0. The van der Waals surface area contributed by atoms with Crippen molar-refractivity contribution >= 4 is 26.9 Å². The largest absolute Gasteiger partial charge is 0.454 e. The Balaban J connectivity index is 1.75. The first-order chi connectivity index (χ1) is 11.9. The van der Waals surface area contributed by atoms with Crippen LogP contribution in [0.1, 0.15) is 10.5 Å². The lowest BCUT2D eigenvalue weighted by Crippen LogP contribution is -2.18. The van der Waals surface area contributed by atoms with Crippen LogP contribution in [0.5, 0.6) is 17.2 Å². The van der Waals surface area contributed by atoms with Crippen LogP contribution in [0, 0.1) is 0 Å². The van der Waals surface area contributed by atoms with Crippen LogP contribution < -0.4 is 19.3 Å². The zero-order chi connectivity index (χ0) is 17.6. The topological polar surface area (TPSA) is 121 Å². The summed E-state index contributed by atoms with van der Waals surface area (Å²) in [5, 5.41) is 5.60. The molecule has 2 aromatic carbocycles. The fourth-order valence-electron chi connectivity index (χ4n) is 2.65. The predicted octanol–water partition coefficient (Wildman–Crippen LogP) is 1.76. The molecule has 25 heavy (non-hydrogen) atoms. The van der Waals surface area contributed by atoms with E-state index in [9.17, 15) is 13.2 Å². The number of carbonyl (C=O) groups is 1. The minimum atomic E-state index is -4.14. The van der Waals surface area contributed by atoms with Crippen molar-refractivity contribution in [2.24, 2.45) is 5.14 Å². The Hall–Kier alpha value is -3.04. The van der Waals surface area contributed by atoms with Gasteiger partial charge in [0.1, 0.15) is 16.3 Å². The van der Waals surface area contributed by atoms with Gasteiger partial charge in [-0.3, -0.25) is 0 Å². The number of hydrogen-bond donors (Lipinski definition) is 2. The summed E-state index contributed by atoms with van der Waals surface area (Å²) in [5.41, 5.74) is 0.227. The summed E-state index contributed by atoms with van der Waals surface area (Å²) < 4.78 is 39.6. The molecule has 0 atom stereocenters. The van der Waals surface area contributed by atoms with Gasteiger partial charge in [-0.2, -0.15) is 0 Å². The lowest BCUT2D eigenvalue weighted by atomic mass is 10.2. The number of fused-ring (bicyclic) bond motifs is 2. The number of rotatable bonds is 3. The Morgan fingerprint density at radius 1 is 1.12 bits per heavy atom. The molecule has 128 valence electrons. The molecule has 0 spiro atoms. The second-order valence-electron chi connectivity index (χ2n) is 5.32. The molecule has 9 heteroatoms. The maximum absolute atomic E-state index is 12.5. The van der Waals surface area contributed by atoms with E-state index < -0.39 is 16.0 Å². The molecule has 3 aromatic rings. The standard InChI is InChI=1S/C16H12N2O6S/c17-25(20,21)15-10-3-1-2-4-11(10)18-14(15)16(19)24-9-5-6-12-13(7-9)23-8-22-12/h1-7,18H,8H2,(H2,17,20,21). The molecular formula is C16H12N2O6S. The maximum Gasteiger partial charge on any atom is 0.361 e. The van der Waals surface area contributed by atoms with Gasteiger partial charge in [-0.25, -0.2) is 18.4 Å². The van der Waals surface area contributed by atoms with E-state index >= 15 is 0 Å². The van der Waals surface area contributed by atoms with Crippen molar-refractivity contribution in [2.75, 3.05) is 6.79 Å². The smallest absolute Gasteiger partial charge is 0.361 e. The van der Waals surface area contributed by atoms with Gasteiger partial charge in [0.2, 0.25) is 16.8 Å². The van der Waals surface area contributed by atoms with Crippen molar-refractivity contribution in [3.8, 4) is 17.2 Å². The van der Waals surface area contributed by atoms with E-state index in [1.165, 1.54) is 12.1 Å². The lowest BCUT2D eigenvalue weighted by molar-refractivity contribution is 0.0725. The minimum absolute atomic E-state index is 0.0876. The summed E-state index contributed by atoms with van der Waals surface area (Å²) >= 11 is 0. The average molecular weight is 360 g/mol. The Morgan fingerprint density at radius 3 is 2.68 bits per heavy atom. The highest BCUT2D eigenvalue weighted by Crippen LogP contribution is 2.35. The zero-order valence-corrected chi connectivity index (χ0v) is 13.5. The number of hydrogen-bond acceptors (Lipinski definition) is 6. The van der Waals surface area contributed by atoms with Crippen LogP contribution >= 0.6 is 0 Å². The highest BCUT2D eigenvalue weighted by Gasteiger charge is 2.27. The van der Waals surface area contributed by atoms with Crippen LogP contribution in [-0.4, -0.2) is 26.2 Å². The quantitative estimate of drug-likeness (QED) is 0.542. The highest BCUT2D eigenvalue weighted by molar-refractivity contribution is 7.89. The summed E-state index contributed by atoms with van der Waals surface area (Å²) in [7, 11) is -4.14. The average Bonchev–Trinajstić information content (AvgIpc) is 3.17. The summed E-state index contributed by atoms with van der Waals surface area (Å²) in [4.78, 5) is 15.0. The fraction of sp³-hybridized carbons (Fsp3) is 0.0625. The van der Waals surface area contributed by atoms with Crippen molar-refractivity contribution in [3.05, 3.63) is 48.2 Å². The minimum Gasteiger partial charge on any atom is -0.454 e. The van der Waals surface area contributed by atoms with E-state index in [-0.39, 0.29) is 23.1 Å². The van der Waals surface area contributed by atoms with Gasteiger partial charge in [0.15, 0.2) is 11.5 Å². The molecule has 0 amide bonds. The van der Waals surface area contributed by atoms with Gasteiger partial charge in [0.25, 0.3) is 0 Å². The Kier molecular flexibility index (Phi) is 3.41. The van der Waals surface area contributed by atoms with Gasteiger partial charge in [-0.1, -0.05) is 18.2 Å². The molecule has 0 aliphatic carbocycles. The number of esters is 1. The number of carbonyl (C=O) groups excluding carboxylic acids is 1. The summed E-state index contributed by atoms with van der Waals surface area (Å²) in [6.45, 7) is 0.0876. The SMILES string of the molecule is NS(=O)(=O)c1c(C(=O)Oc2ccc3c(c2)OCO3)[nH]c2ccccc12. The second-order valence-corrected chi connectivity index (χ2v) is 6.82. The van der Waals surface area contributed by atoms with Crippen molar-refractivity contribution in [3.63, 3.8) is 0 Å². The molecule has 0 saturated carbocycles. The summed E-state index contributed by atoms with van der Waals surface area (Å²) in [6, 6.07) is 11.2. The molecule has 4 rings (SSSR count). The van der Waals surface area contributed by atoms with Gasteiger partial charge in [-0.05, 0) is 18.2 Å². The number of aromatic amines is 1. The molecule has 0 saturated heterocycles. The highest BCUT2D eigenvalue weighted by atomic mass is 32.2. The number of sulfonamides is 1. The third kappa shape index (κ3) is 2.69. The van der Waals surface area contributed by atoms with Crippen LogP contribution in [0.15, 0.2) is 47.4 Å². The van der Waals surface area contributed by atoms with Gasteiger partial charge < -0.3 is 19.2 Å². The van der Waals surface area contributed by atoms with Crippen molar-refractivity contribution in [1.29, 1.82) is 0 Å². The molecule has 0 bridgehead atoms. The second kappa shape index (κ2) is 5.50. The zero-order valence-electron chi connectivity index (χ0n) is 12.7. The monoisotopic (exact) mass is 360 g/mol. The number of primary sulfonamides is 1. The normalized spacial score (nSPS) is 13.2. The van der Waals surface area contributed by atoms with Gasteiger partial charge in [0, 0.05) is 17.0 Å². The van der Waals surface area contributed by atoms with E-state index in [1.807, 2.05) is 0 Å². The van der Waals surface area contributed by atoms with Crippen molar-refractivity contribution < 1.29 is 27.4 Å². The van der Waals surface area contributed by atoms with Crippen LogP contribution in [0.2, 0.25) is 0 Å². The van der Waals surface area contributed by atoms with Gasteiger partial charge in [-0.15, -0.1) is 0 Å². The van der Waals surface area contributed by atoms with E-state index in [1.54, 1.807) is 30.3 Å². The number of ether oxygens (including phenoxy) is 3. The van der Waals surface area contributed by atoms with Crippen LogP contribution in [0.3, 0.4) is 0 Å². The predicted molar refractivity (Wildman–Crippen MR) is 87.2 cm³/mol. The molecular weight excluding hydrogens is 348 g/mol. The van der Waals surface area contributed by atoms with Gasteiger partial charge >= 0.3 is 5.97 Å². The molecule has 2 heterocycles. The van der Waals surface area contributed by atoms with E-state index in [2.05, 4.69) is 4.98 Å². The van der Waals surface area contributed by atoms with Gasteiger partial charge in [0.05, 0.1) is 0 Å². The molecule has 3 N–H and O–H groups in total. The molecule has 0 fully saturated rings. The first-order valence-electron chi connectivity index (χ1n) is 7.19. The van der Waals surface area contributed by atoms with Crippen molar-refractivity contribution in [2.45, 2.75) is 4.90 Å². The number of H-pyrrole nitrogens is 1. The summed E-state index contributed by atoms with van der Waals surface area (Å²) in [5.74, 6) is 0.289. The molecule has 1 aromatic heterocycles. The Morgan fingerprint density at radius 2 is 1.88 bits per heavy atom. The maximum atomic E-state index is 12.5. The van der Waals surface area contributed by atoms with Crippen molar-refractivity contribution in [1.82, 2.24) is 4.98 Å². The number of benzene rings is 2. The van der Waals surface area contributed by atoms with Crippen LogP contribution in [-0.2, 0) is 10.0 Å². The van der Waals surface area contributed by atoms with Crippen LogP contribution in [0.25, 0.3) is 10.9 Å². The van der Waals surface area contributed by atoms with Crippen LogP contribution in [0.4, 0.5) is 0 Å².